The number of amides is 1. The lowest BCUT2D eigenvalue weighted by atomic mass is 10.0. The van der Waals surface area contributed by atoms with Crippen LogP contribution in [0.4, 0.5) is 4.39 Å². The molecule has 0 atom stereocenters. The van der Waals surface area contributed by atoms with Crippen molar-refractivity contribution < 1.29 is 18.7 Å². The van der Waals surface area contributed by atoms with Crippen molar-refractivity contribution in [1.82, 2.24) is 10.3 Å². The maximum absolute atomic E-state index is 14.2. The van der Waals surface area contributed by atoms with Gasteiger partial charge >= 0.3 is 5.97 Å². The number of aromatic nitrogens is 1. The molecule has 0 radical (unpaired) electrons. The monoisotopic (exact) mass is 348 g/mol. The fourth-order valence-corrected chi connectivity index (χ4v) is 2.63. The number of nitrogens with zero attached hydrogens (tertiary/aromatic N) is 1. The molecule has 2 rings (SSSR count). The summed E-state index contributed by atoms with van der Waals surface area (Å²) in [6, 6.07) is 8.15. The molecule has 5 nitrogen and oxygen atoms in total. The number of hydrogen-bond donors (Lipinski definition) is 1. The number of halogens is 1. The van der Waals surface area contributed by atoms with Gasteiger partial charge in [0.15, 0.2) is 0 Å². The second-order valence-corrected chi connectivity index (χ2v) is 5.80. The van der Waals surface area contributed by atoms with E-state index in [1.807, 2.05) is 12.3 Å². The van der Waals surface area contributed by atoms with E-state index in [1.165, 1.54) is 24.9 Å². The van der Waals surface area contributed by atoms with E-state index >= 15 is 0 Å². The zero-order chi connectivity index (χ0) is 17.5. The number of methoxy groups -OCH3 is 1. The van der Waals surface area contributed by atoms with Crippen LogP contribution < -0.4 is 5.32 Å². The Bertz CT molecular complexity index is 753. The Morgan fingerprint density at radius 3 is 2.79 bits per heavy atom. The molecule has 126 valence electrons. The van der Waals surface area contributed by atoms with Crippen molar-refractivity contribution in [3.63, 3.8) is 0 Å². The van der Waals surface area contributed by atoms with E-state index in [0.29, 0.717) is 23.4 Å². The number of hydrogen-bond acceptors (Lipinski definition) is 5. The maximum atomic E-state index is 14.2. The Morgan fingerprint density at radius 2 is 2.17 bits per heavy atom. The van der Waals surface area contributed by atoms with Gasteiger partial charge in [0.25, 0.3) is 0 Å². The van der Waals surface area contributed by atoms with Crippen molar-refractivity contribution in [1.29, 1.82) is 0 Å². The number of benzene rings is 1. The van der Waals surface area contributed by atoms with E-state index in [0.717, 1.165) is 4.90 Å². The van der Waals surface area contributed by atoms with Gasteiger partial charge in [-0.3, -0.25) is 9.78 Å². The molecule has 24 heavy (non-hydrogen) atoms. The number of carbonyl (C=O) groups excluding carboxylic acids is 2. The van der Waals surface area contributed by atoms with E-state index in [-0.39, 0.29) is 24.3 Å². The molecule has 0 aliphatic rings. The van der Waals surface area contributed by atoms with Gasteiger partial charge in [0, 0.05) is 11.3 Å². The second kappa shape index (κ2) is 8.44. The van der Waals surface area contributed by atoms with Gasteiger partial charge in [-0.1, -0.05) is 6.07 Å². The zero-order valence-corrected chi connectivity index (χ0v) is 14.2. The zero-order valence-electron chi connectivity index (χ0n) is 13.3. The topological polar surface area (TPSA) is 68.3 Å². The van der Waals surface area contributed by atoms with Gasteiger partial charge in [0.2, 0.25) is 6.41 Å². The van der Waals surface area contributed by atoms with E-state index < -0.39 is 5.97 Å². The van der Waals surface area contributed by atoms with Crippen LogP contribution in [0.15, 0.2) is 35.2 Å². The molecule has 1 aromatic heterocycles. The molecule has 0 saturated heterocycles. The smallest absolute Gasteiger partial charge is 0.339 e. The Balaban J connectivity index is 2.38. The van der Waals surface area contributed by atoms with Crippen molar-refractivity contribution in [2.75, 3.05) is 13.4 Å². The summed E-state index contributed by atoms with van der Waals surface area (Å²) in [5.74, 6) is -0.885. The fourth-order valence-electron chi connectivity index (χ4n) is 2.20. The van der Waals surface area contributed by atoms with Gasteiger partial charge in [0.1, 0.15) is 5.82 Å². The van der Waals surface area contributed by atoms with E-state index in [4.69, 9.17) is 4.74 Å². The number of rotatable bonds is 7. The van der Waals surface area contributed by atoms with Crippen LogP contribution >= 0.6 is 11.8 Å². The SMILES string of the molecule is COC(=O)c1ccc(CNC=O)nc1Cc1ccc(SC)cc1F. The van der Waals surface area contributed by atoms with Crippen LogP contribution in [-0.4, -0.2) is 30.7 Å². The minimum Gasteiger partial charge on any atom is -0.465 e. The van der Waals surface area contributed by atoms with Crippen LogP contribution in [0.25, 0.3) is 0 Å². The minimum absolute atomic E-state index is 0.153. The molecule has 1 N–H and O–H groups in total. The third-order valence-corrected chi connectivity index (χ3v) is 4.15. The van der Waals surface area contributed by atoms with Gasteiger partial charge in [-0.2, -0.15) is 0 Å². The average molecular weight is 348 g/mol. The third-order valence-electron chi connectivity index (χ3n) is 3.42. The minimum atomic E-state index is -0.534. The van der Waals surface area contributed by atoms with Crippen molar-refractivity contribution in [3.8, 4) is 0 Å². The summed E-state index contributed by atoms with van der Waals surface area (Å²) in [5, 5.41) is 2.51. The Labute approximate surface area is 143 Å². The summed E-state index contributed by atoms with van der Waals surface area (Å²) in [6.07, 6.45) is 2.59. The Hall–Kier alpha value is -2.41. The molecule has 1 aromatic carbocycles. The molecule has 0 bridgehead atoms. The Morgan fingerprint density at radius 1 is 1.38 bits per heavy atom. The van der Waals surface area contributed by atoms with Crippen LogP contribution in [0.1, 0.15) is 27.3 Å². The predicted molar refractivity (Wildman–Crippen MR) is 89.5 cm³/mol. The first-order valence-electron chi connectivity index (χ1n) is 7.15. The highest BCUT2D eigenvalue weighted by atomic mass is 32.2. The lowest BCUT2D eigenvalue weighted by Gasteiger charge is -2.11. The summed E-state index contributed by atoms with van der Waals surface area (Å²) >= 11 is 1.45. The van der Waals surface area contributed by atoms with Crippen LogP contribution in [0.3, 0.4) is 0 Å². The highest BCUT2D eigenvalue weighted by molar-refractivity contribution is 7.98. The normalized spacial score (nSPS) is 10.3. The highest BCUT2D eigenvalue weighted by Crippen LogP contribution is 2.21. The van der Waals surface area contributed by atoms with Gasteiger partial charge in [-0.05, 0) is 36.1 Å². The summed E-state index contributed by atoms with van der Waals surface area (Å²) in [6.45, 7) is 0.228. The van der Waals surface area contributed by atoms with Crippen molar-refractivity contribution >= 4 is 24.1 Å². The van der Waals surface area contributed by atoms with E-state index in [9.17, 15) is 14.0 Å². The average Bonchev–Trinajstić information content (AvgIpc) is 2.61. The number of carbonyl (C=O) groups is 2. The first kappa shape index (κ1) is 17.9. The molecule has 0 aliphatic carbocycles. The third kappa shape index (κ3) is 4.32. The van der Waals surface area contributed by atoms with E-state index in [1.54, 1.807) is 18.2 Å². The first-order valence-corrected chi connectivity index (χ1v) is 8.38. The van der Waals surface area contributed by atoms with E-state index in [2.05, 4.69) is 10.3 Å². The highest BCUT2D eigenvalue weighted by Gasteiger charge is 2.16. The van der Waals surface area contributed by atoms with Gasteiger partial charge in [-0.15, -0.1) is 11.8 Å². The summed E-state index contributed by atoms with van der Waals surface area (Å²) < 4.78 is 19.0. The lowest BCUT2D eigenvalue weighted by Crippen LogP contribution is -2.15. The predicted octanol–water partition coefficient (Wildman–Crippen LogP) is 2.57. The molecule has 0 aliphatic heterocycles. The number of esters is 1. The van der Waals surface area contributed by atoms with Crippen LogP contribution in [0.5, 0.6) is 0 Å². The lowest BCUT2D eigenvalue weighted by molar-refractivity contribution is -0.109. The van der Waals surface area contributed by atoms with Crippen molar-refractivity contribution in [2.24, 2.45) is 0 Å². The van der Waals surface area contributed by atoms with Crippen LogP contribution in [0.2, 0.25) is 0 Å². The largest absolute Gasteiger partial charge is 0.465 e. The van der Waals surface area contributed by atoms with Gasteiger partial charge in [0.05, 0.1) is 30.6 Å². The van der Waals surface area contributed by atoms with Crippen LogP contribution in [-0.2, 0) is 22.5 Å². The standard InChI is InChI=1S/C17H17FN2O3S/c1-23-17(22)14-6-4-12(9-19-10-21)20-16(14)7-11-3-5-13(24-2)8-15(11)18/h3-6,8,10H,7,9H2,1-2H3,(H,19,21). The van der Waals surface area contributed by atoms with Crippen molar-refractivity contribution in [2.45, 2.75) is 17.9 Å². The molecule has 1 heterocycles. The quantitative estimate of drug-likeness (QED) is 0.473. The molecule has 1 amide bonds. The number of nitrogens with one attached hydrogen (secondary N) is 1. The summed E-state index contributed by atoms with van der Waals surface area (Å²) in [4.78, 5) is 27.5. The second-order valence-electron chi connectivity index (χ2n) is 4.92. The number of pyridine rings is 1. The molecule has 0 saturated carbocycles. The molecule has 0 spiro atoms. The number of ether oxygens (including phenoxy) is 1. The molecule has 0 unspecified atom stereocenters. The number of thioether (sulfide) groups is 1. The van der Waals surface area contributed by atoms with Crippen molar-refractivity contribution in [3.05, 3.63) is 58.7 Å². The first-order chi connectivity index (χ1) is 11.6. The maximum Gasteiger partial charge on any atom is 0.339 e. The molecular weight excluding hydrogens is 331 g/mol. The van der Waals surface area contributed by atoms with Gasteiger partial charge in [-0.25, -0.2) is 9.18 Å². The Kier molecular flexibility index (Phi) is 6.31. The molecule has 7 heteroatoms. The van der Waals surface area contributed by atoms with Crippen LogP contribution in [0, 0.1) is 5.82 Å². The molecule has 2 aromatic rings. The summed E-state index contributed by atoms with van der Waals surface area (Å²) in [7, 11) is 1.28. The summed E-state index contributed by atoms with van der Waals surface area (Å²) in [5.41, 5.74) is 1.69. The fraction of sp³-hybridized carbons (Fsp3) is 0.235. The molecule has 0 fully saturated rings. The van der Waals surface area contributed by atoms with Gasteiger partial charge < -0.3 is 10.1 Å². The molecular formula is C17H17FN2O3S.